The highest BCUT2D eigenvalue weighted by molar-refractivity contribution is 6.31. The molecule has 0 aliphatic rings. The van der Waals surface area contributed by atoms with Crippen LogP contribution >= 0.6 is 11.6 Å². The van der Waals surface area contributed by atoms with Crippen LogP contribution in [0.5, 0.6) is 0 Å². The molecule has 0 fully saturated rings. The maximum absolute atomic E-state index is 11.7. The summed E-state index contributed by atoms with van der Waals surface area (Å²) in [4.78, 5) is 11.7. The Kier molecular flexibility index (Phi) is 4.82. The third-order valence-corrected chi connectivity index (χ3v) is 3.04. The zero-order chi connectivity index (χ0) is 13.0. The van der Waals surface area contributed by atoms with E-state index in [0.29, 0.717) is 10.9 Å². The summed E-state index contributed by atoms with van der Waals surface area (Å²) in [5, 5.41) is 6.30. The molecule has 0 heterocycles. The molecule has 0 aliphatic heterocycles. The topological polar surface area (TPSA) is 41.1 Å². The van der Waals surface area contributed by atoms with Crippen LogP contribution in [-0.4, -0.2) is 12.1 Å². The zero-order valence-corrected chi connectivity index (χ0v) is 11.4. The van der Waals surface area contributed by atoms with E-state index in [2.05, 4.69) is 24.5 Å². The first-order valence-corrected chi connectivity index (χ1v) is 6.11. The molecule has 0 aromatic heterocycles. The summed E-state index contributed by atoms with van der Waals surface area (Å²) in [5.74, 6) is 0.404. The van der Waals surface area contributed by atoms with Gasteiger partial charge in [-0.3, -0.25) is 0 Å². The molecule has 0 saturated carbocycles. The van der Waals surface area contributed by atoms with Crippen LogP contribution in [0.2, 0.25) is 5.02 Å². The van der Waals surface area contributed by atoms with Gasteiger partial charge in [0.1, 0.15) is 0 Å². The van der Waals surface area contributed by atoms with Crippen molar-refractivity contribution in [2.45, 2.75) is 33.7 Å². The second kappa shape index (κ2) is 5.92. The van der Waals surface area contributed by atoms with Crippen molar-refractivity contribution in [1.82, 2.24) is 5.32 Å². The fraction of sp³-hybridized carbons (Fsp3) is 0.462. The van der Waals surface area contributed by atoms with Gasteiger partial charge in [0.25, 0.3) is 0 Å². The van der Waals surface area contributed by atoms with E-state index in [4.69, 9.17) is 11.6 Å². The minimum Gasteiger partial charge on any atom is -0.335 e. The molecule has 0 aliphatic carbocycles. The van der Waals surface area contributed by atoms with Gasteiger partial charge in [0, 0.05) is 16.8 Å². The van der Waals surface area contributed by atoms with E-state index in [-0.39, 0.29) is 12.1 Å². The van der Waals surface area contributed by atoms with Crippen LogP contribution in [0.1, 0.15) is 26.3 Å². The number of benzene rings is 1. The Hall–Kier alpha value is -1.22. The number of amides is 2. The van der Waals surface area contributed by atoms with Crippen molar-refractivity contribution in [3.05, 3.63) is 28.8 Å². The van der Waals surface area contributed by atoms with Crippen molar-refractivity contribution in [3.63, 3.8) is 0 Å². The molecule has 4 heteroatoms. The minimum absolute atomic E-state index is 0.134. The number of carbonyl (C=O) groups excluding carboxylic acids is 1. The van der Waals surface area contributed by atoms with Crippen LogP contribution in [0.3, 0.4) is 0 Å². The van der Waals surface area contributed by atoms with Gasteiger partial charge < -0.3 is 10.6 Å². The minimum atomic E-state index is -0.198. The van der Waals surface area contributed by atoms with Gasteiger partial charge in [-0.15, -0.1) is 0 Å². The monoisotopic (exact) mass is 254 g/mol. The lowest BCUT2D eigenvalue weighted by Gasteiger charge is -2.18. The third kappa shape index (κ3) is 4.27. The number of carbonyl (C=O) groups is 1. The summed E-state index contributed by atoms with van der Waals surface area (Å²) in [6.45, 7) is 8.04. The van der Waals surface area contributed by atoms with E-state index in [1.54, 1.807) is 12.1 Å². The van der Waals surface area contributed by atoms with E-state index in [1.165, 1.54) is 0 Å². The van der Waals surface area contributed by atoms with Gasteiger partial charge in [0.2, 0.25) is 0 Å². The number of rotatable bonds is 3. The van der Waals surface area contributed by atoms with Crippen LogP contribution in [0.4, 0.5) is 10.5 Å². The fourth-order valence-corrected chi connectivity index (χ4v) is 1.43. The molecule has 1 unspecified atom stereocenters. The maximum Gasteiger partial charge on any atom is 0.319 e. The number of nitrogens with one attached hydrogen (secondary N) is 2. The Morgan fingerprint density at radius 3 is 2.53 bits per heavy atom. The Morgan fingerprint density at radius 2 is 1.94 bits per heavy atom. The lowest BCUT2D eigenvalue weighted by atomic mass is 10.1. The molecule has 3 nitrogen and oxygen atoms in total. The number of halogens is 1. The normalized spacial score (nSPS) is 12.4. The summed E-state index contributed by atoms with van der Waals surface area (Å²) in [7, 11) is 0. The Balaban J connectivity index is 2.65. The number of hydrogen-bond donors (Lipinski definition) is 2. The molecule has 0 radical (unpaired) electrons. The smallest absolute Gasteiger partial charge is 0.319 e. The van der Waals surface area contributed by atoms with Crippen molar-refractivity contribution in [3.8, 4) is 0 Å². The molecule has 94 valence electrons. The van der Waals surface area contributed by atoms with Gasteiger partial charge >= 0.3 is 6.03 Å². The lowest BCUT2D eigenvalue weighted by Crippen LogP contribution is -2.39. The van der Waals surface area contributed by atoms with Gasteiger partial charge in [-0.1, -0.05) is 31.5 Å². The molecule has 2 amide bonds. The standard InChI is InChI=1S/C13H19ClN2O/c1-8(2)10(4)15-13(17)16-12-7-11(14)6-5-9(12)3/h5-8,10H,1-4H3,(H2,15,16,17). The van der Waals surface area contributed by atoms with E-state index in [1.807, 2.05) is 19.9 Å². The number of hydrogen-bond acceptors (Lipinski definition) is 1. The molecule has 1 aromatic rings. The molecule has 0 saturated heterocycles. The van der Waals surface area contributed by atoms with E-state index < -0.39 is 0 Å². The van der Waals surface area contributed by atoms with Crippen molar-refractivity contribution in [2.75, 3.05) is 5.32 Å². The molecular weight excluding hydrogens is 236 g/mol. The highest BCUT2D eigenvalue weighted by Crippen LogP contribution is 2.20. The predicted octanol–water partition coefficient (Wildman–Crippen LogP) is 3.81. The Labute approximate surface area is 108 Å². The van der Waals surface area contributed by atoms with Crippen molar-refractivity contribution in [2.24, 2.45) is 5.92 Å². The van der Waals surface area contributed by atoms with Gasteiger partial charge in [-0.25, -0.2) is 4.79 Å². The van der Waals surface area contributed by atoms with Crippen molar-refractivity contribution < 1.29 is 4.79 Å². The number of anilines is 1. The van der Waals surface area contributed by atoms with Gasteiger partial charge in [0.15, 0.2) is 0 Å². The highest BCUT2D eigenvalue weighted by atomic mass is 35.5. The van der Waals surface area contributed by atoms with E-state index in [9.17, 15) is 4.79 Å². The number of aryl methyl sites for hydroxylation is 1. The van der Waals surface area contributed by atoms with Crippen LogP contribution < -0.4 is 10.6 Å². The molecule has 1 atom stereocenters. The van der Waals surface area contributed by atoms with Crippen LogP contribution in [0.15, 0.2) is 18.2 Å². The molecule has 17 heavy (non-hydrogen) atoms. The van der Waals surface area contributed by atoms with Crippen LogP contribution in [0, 0.1) is 12.8 Å². The first-order chi connectivity index (χ1) is 7.90. The second-order valence-electron chi connectivity index (χ2n) is 4.59. The highest BCUT2D eigenvalue weighted by Gasteiger charge is 2.11. The Bertz CT molecular complexity index is 404. The SMILES string of the molecule is Cc1ccc(Cl)cc1NC(=O)NC(C)C(C)C. The summed E-state index contributed by atoms with van der Waals surface area (Å²) < 4.78 is 0. The third-order valence-electron chi connectivity index (χ3n) is 2.81. The molecule has 2 N–H and O–H groups in total. The van der Waals surface area contributed by atoms with Crippen LogP contribution in [-0.2, 0) is 0 Å². The Morgan fingerprint density at radius 1 is 1.29 bits per heavy atom. The van der Waals surface area contributed by atoms with Gasteiger partial charge in [-0.05, 0) is 37.5 Å². The first kappa shape index (κ1) is 13.8. The zero-order valence-electron chi connectivity index (χ0n) is 10.7. The first-order valence-electron chi connectivity index (χ1n) is 5.74. The summed E-state index contributed by atoms with van der Waals surface area (Å²) in [6.07, 6.45) is 0. The summed E-state index contributed by atoms with van der Waals surface area (Å²) >= 11 is 5.88. The lowest BCUT2D eigenvalue weighted by molar-refractivity contribution is 0.246. The molecule has 0 bridgehead atoms. The average Bonchev–Trinajstić information content (AvgIpc) is 2.23. The largest absolute Gasteiger partial charge is 0.335 e. The fourth-order valence-electron chi connectivity index (χ4n) is 1.26. The van der Waals surface area contributed by atoms with Crippen LogP contribution in [0.25, 0.3) is 0 Å². The second-order valence-corrected chi connectivity index (χ2v) is 5.03. The molecule has 1 rings (SSSR count). The summed E-state index contributed by atoms with van der Waals surface area (Å²) in [6, 6.07) is 5.36. The van der Waals surface area contributed by atoms with E-state index in [0.717, 1.165) is 11.3 Å². The predicted molar refractivity (Wildman–Crippen MR) is 72.6 cm³/mol. The molecule has 1 aromatic carbocycles. The van der Waals surface area contributed by atoms with Crippen molar-refractivity contribution in [1.29, 1.82) is 0 Å². The van der Waals surface area contributed by atoms with E-state index >= 15 is 0 Å². The molecule has 0 spiro atoms. The average molecular weight is 255 g/mol. The molecular formula is C13H19ClN2O. The van der Waals surface area contributed by atoms with Gasteiger partial charge in [0.05, 0.1) is 0 Å². The number of urea groups is 1. The van der Waals surface area contributed by atoms with Crippen molar-refractivity contribution >= 4 is 23.3 Å². The van der Waals surface area contributed by atoms with Gasteiger partial charge in [-0.2, -0.15) is 0 Å². The maximum atomic E-state index is 11.7. The quantitative estimate of drug-likeness (QED) is 0.846. The summed E-state index contributed by atoms with van der Waals surface area (Å²) in [5.41, 5.74) is 1.73.